The minimum absolute atomic E-state index is 0.0782. The van der Waals surface area contributed by atoms with Crippen LogP contribution < -0.4 is 10.6 Å². The van der Waals surface area contributed by atoms with Crippen LogP contribution in [0, 0.1) is 6.92 Å². The van der Waals surface area contributed by atoms with Gasteiger partial charge < -0.3 is 15.7 Å². The van der Waals surface area contributed by atoms with E-state index < -0.39 is 6.10 Å². The summed E-state index contributed by atoms with van der Waals surface area (Å²) >= 11 is 0. The number of urea groups is 1. The van der Waals surface area contributed by atoms with Crippen LogP contribution in [0.4, 0.5) is 10.5 Å². The summed E-state index contributed by atoms with van der Waals surface area (Å²) < 4.78 is 0. The average Bonchev–Trinajstić information content (AvgIpc) is 2.60. The third-order valence-corrected chi connectivity index (χ3v) is 4.38. The number of aliphatic hydroxyl groups excluding tert-OH is 1. The van der Waals surface area contributed by atoms with Crippen LogP contribution in [-0.2, 0) is 6.42 Å². The van der Waals surface area contributed by atoms with Crippen molar-refractivity contribution in [3.63, 3.8) is 0 Å². The van der Waals surface area contributed by atoms with Gasteiger partial charge in [-0.15, -0.1) is 0 Å². The Bertz CT molecular complexity index is 684. The second-order valence-electron chi connectivity index (χ2n) is 6.49. The topological polar surface area (TPSA) is 61.4 Å². The molecule has 0 fully saturated rings. The third-order valence-electron chi connectivity index (χ3n) is 4.38. The Morgan fingerprint density at radius 2 is 1.84 bits per heavy atom. The van der Waals surface area contributed by atoms with Crippen LogP contribution in [0.25, 0.3) is 0 Å². The Hall–Kier alpha value is -2.33. The first-order valence-corrected chi connectivity index (χ1v) is 8.87. The zero-order valence-corrected chi connectivity index (χ0v) is 15.3. The predicted molar refractivity (Wildman–Crippen MR) is 103 cm³/mol. The van der Waals surface area contributed by atoms with Crippen LogP contribution in [0.3, 0.4) is 0 Å². The van der Waals surface area contributed by atoms with Gasteiger partial charge in [0.15, 0.2) is 0 Å². The summed E-state index contributed by atoms with van der Waals surface area (Å²) in [6, 6.07) is 15.8. The van der Waals surface area contributed by atoms with Crippen molar-refractivity contribution in [2.45, 2.75) is 45.6 Å². The van der Waals surface area contributed by atoms with Crippen molar-refractivity contribution < 1.29 is 9.90 Å². The Morgan fingerprint density at radius 3 is 2.48 bits per heavy atom. The molecule has 4 nitrogen and oxygen atoms in total. The minimum atomic E-state index is -0.418. The van der Waals surface area contributed by atoms with Gasteiger partial charge in [-0.3, -0.25) is 0 Å². The van der Waals surface area contributed by atoms with E-state index >= 15 is 0 Å². The molecule has 2 unspecified atom stereocenters. The summed E-state index contributed by atoms with van der Waals surface area (Å²) in [6.45, 7) is 6.33. The van der Waals surface area contributed by atoms with Gasteiger partial charge in [-0.05, 0) is 43.4 Å². The van der Waals surface area contributed by atoms with Gasteiger partial charge in [-0.2, -0.15) is 0 Å². The number of hydrogen-bond acceptors (Lipinski definition) is 2. The summed E-state index contributed by atoms with van der Waals surface area (Å²) in [6.07, 6.45) is 1.05. The number of anilines is 1. The fraction of sp³-hybridized carbons (Fsp3) is 0.381. The van der Waals surface area contributed by atoms with Gasteiger partial charge >= 0.3 is 6.03 Å². The highest BCUT2D eigenvalue weighted by atomic mass is 16.3. The zero-order valence-electron chi connectivity index (χ0n) is 15.3. The lowest BCUT2D eigenvalue weighted by Gasteiger charge is -2.20. The minimum Gasteiger partial charge on any atom is -0.393 e. The molecule has 4 heteroatoms. The van der Waals surface area contributed by atoms with Gasteiger partial charge in [-0.25, -0.2) is 4.79 Å². The predicted octanol–water partition coefficient (Wildman–Crippen LogP) is 4.23. The molecule has 0 aliphatic heterocycles. The summed E-state index contributed by atoms with van der Waals surface area (Å²) in [5, 5.41) is 15.7. The number of amides is 2. The van der Waals surface area contributed by atoms with Crippen LogP contribution in [0.15, 0.2) is 48.5 Å². The first-order valence-electron chi connectivity index (χ1n) is 8.87. The molecule has 0 heterocycles. The van der Waals surface area contributed by atoms with Crippen molar-refractivity contribution in [2.24, 2.45) is 0 Å². The first kappa shape index (κ1) is 19.0. The molecule has 0 radical (unpaired) electrons. The smallest absolute Gasteiger partial charge is 0.319 e. The van der Waals surface area contributed by atoms with E-state index in [1.807, 2.05) is 55.5 Å². The molecule has 0 aliphatic rings. The first-order chi connectivity index (χ1) is 12.0. The van der Waals surface area contributed by atoms with E-state index in [9.17, 15) is 9.90 Å². The summed E-state index contributed by atoms with van der Waals surface area (Å²) in [5.41, 5.74) is 4.18. The number of aliphatic hydroxyl groups is 1. The van der Waals surface area contributed by atoms with Crippen LogP contribution in [-0.4, -0.2) is 23.8 Å². The highest BCUT2D eigenvalue weighted by Crippen LogP contribution is 2.22. The maximum Gasteiger partial charge on any atom is 0.319 e. The quantitative estimate of drug-likeness (QED) is 0.706. The lowest BCUT2D eigenvalue weighted by atomic mass is 9.93. The molecule has 2 aromatic rings. The van der Waals surface area contributed by atoms with Gasteiger partial charge in [0.25, 0.3) is 0 Å². The highest BCUT2D eigenvalue weighted by Gasteiger charge is 2.16. The summed E-state index contributed by atoms with van der Waals surface area (Å²) in [5.74, 6) is 0.0782. The fourth-order valence-electron chi connectivity index (χ4n) is 3.05. The van der Waals surface area contributed by atoms with Crippen molar-refractivity contribution in [1.82, 2.24) is 5.32 Å². The van der Waals surface area contributed by atoms with Crippen LogP contribution in [0.5, 0.6) is 0 Å². The number of para-hydroxylation sites is 1. The van der Waals surface area contributed by atoms with E-state index in [0.717, 1.165) is 28.8 Å². The Labute approximate surface area is 150 Å². The lowest BCUT2D eigenvalue weighted by Crippen LogP contribution is -2.33. The largest absolute Gasteiger partial charge is 0.393 e. The molecule has 0 saturated carbocycles. The van der Waals surface area contributed by atoms with Crippen molar-refractivity contribution in [1.29, 1.82) is 0 Å². The van der Waals surface area contributed by atoms with Crippen molar-refractivity contribution >= 4 is 11.7 Å². The van der Waals surface area contributed by atoms with E-state index in [4.69, 9.17) is 0 Å². The highest BCUT2D eigenvalue weighted by molar-refractivity contribution is 5.91. The van der Waals surface area contributed by atoms with Gasteiger partial charge in [0.1, 0.15) is 0 Å². The number of rotatable bonds is 7. The second-order valence-corrected chi connectivity index (χ2v) is 6.49. The normalized spacial score (nSPS) is 13.1. The third kappa shape index (κ3) is 5.61. The van der Waals surface area contributed by atoms with Gasteiger partial charge in [0.05, 0.1) is 6.10 Å². The average molecular weight is 340 g/mol. The fourth-order valence-corrected chi connectivity index (χ4v) is 3.05. The Balaban J connectivity index is 2.02. The molecule has 0 bridgehead atoms. The number of benzene rings is 2. The van der Waals surface area contributed by atoms with Crippen LogP contribution >= 0.6 is 0 Å². The van der Waals surface area contributed by atoms with Crippen LogP contribution in [0.1, 0.15) is 42.9 Å². The van der Waals surface area contributed by atoms with E-state index in [2.05, 4.69) is 17.6 Å². The molecule has 0 saturated heterocycles. The van der Waals surface area contributed by atoms with E-state index in [0.29, 0.717) is 13.0 Å². The molecular weight excluding hydrogens is 312 g/mol. The molecule has 2 rings (SSSR count). The molecule has 2 aromatic carbocycles. The van der Waals surface area contributed by atoms with Crippen molar-refractivity contribution in [3.05, 3.63) is 65.2 Å². The molecule has 2 amide bonds. The van der Waals surface area contributed by atoms with Crippen molar-refractivity contribution in [3.8, 4) is 0 Å². The molecular formula is C21H28N2O2. The molecule has 134 valence electrons. The second kappa shape index (κ2) is 9.23. The van der Waals surface area contributed by atoms with Gasteiger partial charge in [0, 0.05) is 18.2 Å². The Kier molecular flexibility index (Phi) is 7.02. The van der Waals surface area contributed by atoms with Gasteiger partial charge in [-0.1, -0.05) is 55.5 Å². The number of carbonyl (C=O) groups excluding carboxylic acids is 1. The molecule has 3 N–H and O–H groups in total. The molecule has 0 aromatic heterocycles. The maximum atomic E-state index is 12.4. The standard InChI is InChI=1S/C21H28N2O2/c1-4-17-12-8-9-15(2)20(17)23-21(25)22-14-19(13-16(3)24)18-10-6-5-7-11-18/h5-12,16,19,24H,4,13-14H2,1-3H3,(H2,22,23,25). The molecule has 0 spiro atoms. The summed E-state index contributed by atoms with van der Waals surface area (Å²) in [7, 11) is 0. The van der Waals surface area contributed by atoms with Gasteiger partial charge in [0.2, 0.25) is 0 Å². The summed E-state index contributed by atoms with van der Waals surface area (Å²) in [4.78, 5) is 12.4. The van der Waals surface area contributed by atoms with E-state index in [1.165, 1.54) is 0 Å². The number of hydrogen-bond donors (Lipinski definition) is 3. The number of carbonyl (C=O) groups is 1. The maximum absolute atomic E-state index is 12.4. The van der Waals surface area contributed by atoms with E-state index in [1.54, 1.807) is 6.92 Å². The van der Waals surface area contributed by atoms with E-state index in [-0.39, 0.29) is 11.9 Å². The van der Waals surface area contributed by atoms with Crippen molar-refractivity contribution in [2.75, 3.05) is 11.9 Å². The number of nitrogens with one attached hydrogen (secondary N) is 2. The Morgan fingerprint density at radius 1 is 1.12 bits per heavy atom. The molecule has 2 atom stereocenters. The monoisotopic (exact) mass is 340 g/mol. The molecule has 25 heavy (non-hydrogen) atoms. The zero-order chi connectivity index (χ0) is 18.2. The SMILES string of the molecule is CCc1cccc(C)c1NC(=O)NCC(CC(C)O)c1ccccc1. The lowest BCUT2D eigenvalue weighted by molar-refractivity contribution is 0.173. The molecule has 0 aliphatic carbocycles. The van der Waals surface area contributed by atoms with Crippen LogP contribution in [0.2, 0.25) is 0 Å². The number of aryl methyl sites for hydroxylation is 2.